The maximum atomic E-state index is 12.6. The van der Waals surface area contributed by atoms with Gasteiger partial charge < -0.3 is 24.4 Å². The van der Waals surface area contributed by atoms with Crippen LogP contribution in [0.4, 0.5) is 5.69 Å². The zero-order chi connectivity index (χ0) is 19.1. The van der Waals surface area contributed by atoms with Gasteiger partial charge in [-0.05, 0) is 24.3 Å². The Morgan fingerprint density at radius 1 is 0.962 bits per heavy atom. The van der Waals surface area contributed by atoms with Crippen molar-refractivity contribution in [3.63, 3.8) is 0 Å². The molecule has 1 N–H and O–H groups in total. The van der Waals surface area contributed by atoms with Gasteiger partial charge in [-0.2, -0.15) is 0 Å². The van der Waals surface area contributed by atoms with Crippen LogP contribution in [0.1, 0.15) is 10.4 Å². The molecule has 0 bridgehead atoms. The van der Waals surface area contributed by atoms with Gasteiger partial charge in [0.15, 0.2) is 0 Å². The number of carbonyl (C=O) groups is 2. The second kappa shape index (κ2) is 8.75. The molecule has 0 heterocycles. The first-order valence-corrected chi connectivity index (χ1v) is 7.90. The molecule has 0 aliphatic carbocycles. The predicted molar refractivity (Wildman–Crippen MR) is 98.1 cm³/mol. The van der Waals surface area contributed by atoms with Crippen molar-refractivity contribution in [2.75, 3.05) is 40.2 Å². The molecule has 2 aromatic carbocycles. The van der Waals surface area contributed by atoms with Crippen LogP contribution < -0.4 is 19.5 Å². The van der Waals surface area contributed by atoms with Gasteiger partial charge in [0.05, 0.1) is 33.4 Å². The minimum Gasteiger partial charge on any atom is -0.497 e. The summed E-state index contributed by atoms with van der Waals surface area (Å²) < 4.78 is 15.5. The molecule has 2 rings (SSSR count). The van der Waals surface area contributed by atoms with Gasteiger partial charge in [-0.1, -0.05) is 6.07 Å². The van der Waals surface area contributed by atoms with Crippen LogP contribution in [0.2, 0.25) is 0 Å². The Hall–Kier alpha value is -3.22. The lowest BCUT2D eigenvalue weighted by Gasteiger charge is -2.18. The fraction of sp³-hybridized carbons (Fsp3) is 0.263. The van der Waals surface area contributed by atoms with Crippen LogP contribution in [0, 0.1) is 0 Å². The van der Waals surface area contributed by atoms with Gasteiger partial charge in [-0.3, -0.25) is 9.59 Å². The van der Waals surface area contributed by atoms with Crippen molar-refractivity contribution in [2.45, 2.75) is 0 Å². The van der Waals surface area contributed by atoms with E-state index in [9.17, 15) is 9.59 Å². The van der Waals surface area contributed by atoms with Crippen molar-refractivity contribution >= 4 is 17.5 Å². The molecule has 0 radical (unpaired) electrons. The number of ether oxygens (including phenoxy) is 3. The van der Waals surface area contributed by atoms with E-state index in [1.807, 2.05) is 0 Å². The molecule has 7 heteroatoms. The van der Waals surface area contributed by atoms with E-state index in [0.717, 1.165) is 0 Å². The van der Waals surface area contributed by atoms with Gasteiger partial charge in [-0.15, -0.1) is 0 Å². The van der Waals surface area contributed by atoms with Crippen molar-refractivity contribution in [1.29, 1.82) is 0 Å². The third-order valence-corrected chi connectivity index (χ3v) is 3.72. The van der Waals surface area contributed by atoms with Gasteiger partial charge in [0.25, 0.3) is 5.91 Å². The molecule has 0 atom stereocenters. The highest BCUT2D eigenvalue weighted by Gasteiger charge is 2.19. The van der Waals surface area contributed by atoms with E-state index in [2.05, 4.69) is 5.32 Å². The monoisotopic (exact) mass is 358 g/mol. The average molecular weight is 358 g/mol. The van der Waals surface area contributed by atoms with Crippen molar-refractivity contribution in [1.82, 2.24) is 4.90 Å². The Morgan fingerprint density at radius 3 is 2.31 bits per heavy atom. The summed E-state index contributed by atoms with van der Waals surface area (Å²) in [5.74, 6) is 0.952. The summed E-state index contributed by atoms with van der Waals surface area (Å²) in [6.07, 6.45) is 0. The number of methoxy groups -OCH3 is 3. The number of benzene rings is 2. The smallest absolute Gasteiger partial charge is 0.257 e. The molecule has 0 fully saturated rings. The molecule has 0 aromatic heterocycles. The topological polar surface area (TPSA) is 77.1 Å². The van der Waals surface area contributed by atoms with E-state index in [1.165, 1.54) is 19.1 Å². The predicted octanol–water partition coefficient (Wildman–Crippen LogP) is 2.42. The highest BCUT2D eigenvalue weighted by molar-refractivity contribution is 6.00. The van der Waals surface area contributed by atoms with Gasteiger partial charge in [0, 0.05) is 24.9 Å². The van der Waals surface area contributed by atoms with Crippen molar-refractivity contribution in [3.8, 4) is 17.2 Å². The average Bonchev–Trinajstić information content (AvgIpc) is 2.66. The Labute approximate surface area is 152 Å². The van der Waals surface area contributed by atoms with E-state index in [-0.39, 0.29) is 18.4 Å². The van der Waals surface area contributed by atoms with Gasteiger partial charge in [0.1, 0.15) is 17.2 Å². The number of rotatable bonds is 7. The fourth-order valence-corrected chi connectivity index (χ4v) is 2.37. The quantitative estimate of drug-likeness (QED) is 0.823. The first kappa shape index (κ1) is 19.1. The van der Waals surface area contributed by atoms with Crippen molar-refractivity contribution < 1.29 is 23.8 Å². The molecule has 0 saturated carbocycles. The SMILES string of the molecule is COc1cccc(NC(=O)CN(C)C(=O)c2ccc(OC)cc2OC)c1. The number of anilines is 1. The number of likely N-dealkylation sites (N-methyl/N-ethyl adjacent to an activating group) is 1. The van der Waals surface area contributed by atoms with Crippen LogP contribution in [0.3, 0.4) is 0 Å². The molecule has 2 aromatic rings. The highest BCUT2D eigenvalue weighted by atomic mass is 16.5. The number of nitrogens with zero attached hydrogens (tertiary/aromatic N) is 1. The van der Waals surface area contributed by atoms with Crippen LogP contribution in [0.25, 0.3) is 0 Å². The molecular formula is C19H22N2O5. The third-order valence-electron chi connectivity index (χ3n) is 3.72. The normalized spacial score (nSPS) is 10.0. The second-order valence-electron chi connectivity index (χ2n) is 5.51. The zero-order valence-corrected chi connectivity index (χ0v) is 15.2. The minimum absolute atomic E-state index is 0.106. The maximum absolute atomic E-state index is 12.6. The lowest BCUT2D eigenvalue weighted by molar-refractivity contribution is -0.116. The molecule has 0 aliphatic heterocycles. The molecule has 2 amide bonds. The van der Waals surface area contributed by atoms with E-state index in [1.54, 1.807) is 56.6 Å². The summed E-state index contributed by atoms with van der Waals surface area (Å²) in [5, 5.41) is 2.74. The number of hydrogen-bond donors (Lipinski definition) is 1. The van der Waals surface area contributed by atoms with Gasteiger partial charge in [0.2, 0.25) is 5.91 Å². The van der Waals surface area contributed by atoms with E-state index in [4.69, 9.17) is 14.2 Å². The zero-order valence-electron chi connectivity index (χ0n) is 15.2. The first-order chi connectivity index (χ1) is 12.5. The van der Waals surface area contributed by atoms with E-state index < -0.39 is 0 Å². The molecule has 0 aliphatic rings. The lowest BCUT2D eigenvalue weighted by Crippen LogP contribution is -2.35. The molecular weight excluding hydrogens is 336 g/mol. The number of amides is 2. The second-order valence-corrected chi connectivity index (χ2v) is 5.51. The maximum Gasteiger partial charge on any atom is 0.257 e. The standard InChI is InChI=1S/C19H22N2O5/c1-21(12-18(22)20-13-6-5-7-14(10-13)24-2)19(23)16-9-8-15(25-3)11-17(16)26-4/h5-11H,12H2,1-4H3,(H,20,22). The summed E-state index contributed by atoms with van der Waals surface area (Å²) in [6, 6.07) is 11.9. The van der Waals surface area contributed by atoms with Crippen LogP contribution >= 0.6 is 0 Å². The molecule has 0 spiro atoms. The summed E-state index contributed by atoms with van der Waals surface area (Å²) >= 11 is 0. The lowest BCUT2D eigenvalue weighted by atomic mass is 10.1. The van der Waals surface area contributed by atoms with Crippen LogP contribution in [0.5, 0.6) is 17.2 Å². The van der Waals surface area contributed by atoms with Crippen LogP contribution in [-0.2, 0) is 4.79 Å². The highest BCUT2D eigenvalue weighted by Crippen LogP contribution is 2.25. The fourth-order valence-electron chi connectivity index (χ4n) is 2.37. The van der Waals surface area contributed by atoms with Crippen molar-refractivity contribution in [2.24, 2.45) is 0 Å². The Balaban J connectivity index is 2.05. The summed E-state index contributed by atoms with van der Waals surface area (Å²) in [7, 11) is 6.11. The largest absolute Gasteiger partial charge is 0.497 e. The summed E-state index contributed by atoms with van der Waals surface area (Å²) in [4.78, 5) is 26.2. The Bertz CT molecular complexity index is 791. The van der Waals surface area contributed by atoms with Gasteiger partial charge in [-0.25, -0.2) is 0 Å². The summed E-state index contributed by atoms with van der Waals surface area (Å²) in [5.41, 5.74) is 0.946. The van der Waals surface area contributed by atoms with Gasteiger partial charge >= 0.3 is 0 Å². The number of nitrogens with one attached hydrogen (secondary N) is 1. The summed E-state index contributed by atoms with van der Waals surface area (Å²) in [6.45, 7) is -0.106. The molecule has 7 nitrogen and oxygen atoms in total. The molecule has 0 unspecified atom stereocenters. The van der Waals surface area contributed by atoms with E-state index >= 15 is 0 Å². The molecule has 0 saturated heterocycles. The van der Waals surface area contributed by atoms with E-state index in [0.29, 0.717) is 28.5 Å². The molecule has 138 valence electrons. The third kappa shape index (κ3) is 4.66. The Morgan fingerprint density at radius 2 is 1.65 bits per heavy atom. The number of carbonyl (C=O) groups excluding carboxylic acids is 2. The van der Waals surface area contributed by atoms with Crippen molar-refractivity contribution in [3.05, 3.63) is 48.0 Å². The minimum atomic E-state index is -0.328. The first-order valence-electron chi connectivity index (χ1n) is 7.90. The molecule has 26 heavy (non-hydrogen) atoms. The number of hydrogen-bond acceptors (Lipinski definition) is 5. The van der Waals surface area contributed by atoms with Crippen LogP contribution in [0.15, 0.2) is 42.5 Å². The van der Waals surface area contributed by atoms with Crippen LogP contribution in [-0.4, -0.2) is 51.6 Å². The Kier molecular flexibility index (Phi) is 6.43.